The minimum absolute atomic E-state index is 0.156. The van der Waals surface area contributed by atoms with E-state index in [1.165, 1.54) is 0 Å². The van der Waals surface area contributed by atoms with Gasteiger partial charge >= 0.3 is 17.7 Å². The van der Waals surface area contributed by atoms with Crippen LogP contribution >= 0.6 is 0 Å². The number of nitrogens with zero attached hydrogens (tertiary/aromatic N) is 4. The number of piperidine rings is 1. The molecule has 4 N–H and O–H groups in total. The summed E-state index contributed by atoms with van der Waals surface area (Å²) in [7, 11) is 0. The molecule has 0 aliphatic carbocycles. The average molecular weight is 392 g/mol. The topological polar surface area (TPSA) is 139 Å². The first-order chi connectivity index (χ1) is 13.5. The second kappa shape index (κ2) is 9.05. The van der Waals surface area contributed by atoms with Crippen LogP contribution in [0.25, 0.3) is 11.2 Å². The zero-order valence-electron chi connectivity index (χ0n) is 16.2. The average Bonchev–Trinajstić information content (AvgIpc) is 2.98. The first-order valence-electron chi connectivity index (χ1n) is 9.81. The molecule has 2 aromatic heterocycles. The predicted molar refractivity (Wildman–Crippen MR) is 104 cm³/mol. The number of ether oxygens (including phenoxy) is 1. The van der Waals surface area contributed by atoms with Crippen LogP contribution in [0.4, 0.5) is 5.82 Å². The molecule has 3 heterocycles. The van der Waals surface area contributed by atoms with Gasteiger partial charge in [-0.1, -0.05) is 13.3 Å². The maximum Gasteiger partial charge on any atom is 0.327 e. The Bertz CT molecular complexity index is 869. The van der Waals surface area contributed by atoms with Gasteiger partial charge in [0.05, 0.1) is 13.0 Å². The number of likely N-dealkylation sites (tertiary alicyclic amines) is 1. The van der Waals surface area contributed by atoms with Crippen LogP contribution in [0.2, 0.25) is 0 Å². The van der Waals surface area contributed by atoms with E-state index in [4.69, 9.17) is 15.6 Å². The van der Waals surface area contributed by atoms with Gasteiger partial charge in [0.2, 0.25) is 0 Å². The Hall–Kier alpha value is -2.62. The van der Waals surface area contributed by atoms with Crippen molar-refractivity contribution in [3.8, 4) is 6.01 Å². The number of carboxylic acids is 1. The molecular weight excluding hydrogens is 364 g/mol. The maximum atomic E-state index is 12.4. The summed E-state index contributed by atoms with van der Waals surface area (Å²) < 4.78 is 7.17. The van der Waals surface area contributed by atoms with Crippen LogP contribution in [0.5, 0.6) is 6.01 Å². The number of carbonyl (C=O) groups is 1. The van der Waals surface area contributed by atoms with Gasteiger partial charge in [-0.3, -0.25) is 9.36 Å². The number of unbranched alkanes of at least 4 members (excludes halogenated alkanes) is 1. The maximum absolute atomic E-state index is 12.4. The third-order valence-corrected chi connectivity index (χ3v) is 5.15. The molecule has 0 radical (unpaired) electrons. The molecule has 10 nitrogen and oxygen atoms in total. The molecule has 2 aromatic rings. The molecule has 0 saturated carbocycles. The number of imidazole rings is 1. The van der Waals surface area contributed by atoms with Crippen LogP contribution < -0.4 is 16.2 Å². The number of aliphatic carboxylic acids is 1. The highest BCUT2D eigenvalue weighted by Crippen LogP contribution is 2.22. The molecular formula is C18H28N6O4. The molecule has 0 unspecified atom stereocenters. The van der Waals surface area contributed by atoms with E-state index in [9.17, 15) is 9.59 Å². The second-order valence-electron chi connectivity index (χ2n) is 7.26. The minimum atomic E-state index is -0.776. The standard InChI is InChI=1S/C18H28N6O4/c1-2-3-10-28-17-21-15(19)14-16(22-17)24(18(27)20-14)11-12-4-7-23(8-5-12)9-6-13(25)26/h12H,2-11H2,1H3,(H,20,27)(H,25,26)(H2,19,21,22). The predicted octanol–water partition coefficient (Wildman–Crippen LogP) is 1.07. The van der Waals surface area contributed by atoms with Crippen molar-refractivity contribution in [3.63, 3.8) is 0 Å². The Labute approximate surface area is 162 Å². The van der Waals surface area contributed by atoms with Gasteiger partial charge < -0.3 is 25.5 Å². The molecule has 1 aliphatic heterocycles. The fourth-order valence-electron chi connectivity index (χ4n) is 3.48. The number of anilines is 1. The minimum Gasteiger partial charge on any atom is -0.481 e. The summed E-state index contributed by atoms with van der Waals surface area (Å²) in [5, 5.41) is 8.81. The van der Waals surface area contributed by atoms with Gasteiger partial charge in [-0.15, -0.1) is 0 Å². The molecule has 1 aliphatic rings. The molecule has 0 bridgehead atoms. The molecule has 3 rings (SSSR count). The molecule has 1 fully saturated rings. The summed E-state index contributed by atoms with van der Waals surface area (Å²) in [6.45, 7) is 5.34. The quantitative estimate of drug-likeness (QED) is 0.538. The number of nitrogens with two attached hydrogens (primary N) is 1. The van der Waals surface area contributed by atoms with Gasteiger partial charge in [-0.05, 0) is 38.3 Å². The smallest absolute Gasteiger partial charge is 0.327 e. The number of aromatic nitrogens is 4. The van der Waals surface area contributed by atoms with Crippen molar-refractivity contribution in [2.75, 3.05) is 32.0 Å². The number of H-pyrrole nitrogens is 1. The molecule has 1 saturated heterocycles. The zero-order chi connectivity index (χ0) is 20.1. The summed E-state index contributed by atoms with van der Waals surface area (Å²) in [5.41, 5.74) is 6.64. The fourth-order valence-corrected chi connectivity index (χ4v) is 3.48. The number of hydrogen-bond acceptors (Lipinski definition) is 7. The van der Waals surface area contributed by atoms with Gasteiger partial charge in [0, 0.05) is 13.1 Å². The number of fused-ring (bicyclic) bond motifs is 1. The Morgan fingerprint density at radius 2 is 2.11 bits per heavy atom. The number of hydrogen-bond donors (Lipinski definition) is 3. The van der Waals surface area contributed by atoms with Crippen molar-refractivity contribution in [1.29, 1.82) is 0 Å². The number of nitrogen functional groups attached to an aromatic ring is 1. The molecule has 10 heteroatoms. The highest BCUT2D eigenvalue weighted by molar-refractivity contribution is 5.81. The third-order valence-electron chi connectivity index (χ3n) is 5.15. The van der Waals surface area contributed by atoms with E-state index in [0.29, 0.717) is 36.8 Å². The Morgan fingerprint density at radius 1 is 1.36 bits per heavy atom. The van der Waals surface area contributed by atoms with Crippen LogP contribution in [0, 0.1) is 5.92 Å². The number of aromatic amines is 1. The van der Waals surface area contributed by atoms with Gasteiger partial charge in [0.1, 0.15) is 5.52 Å². The van der Waals surface area contributed by atoms with Crippen LogP contribution in [0.3, 0.4) is 0 Å². The van der Waals surface area contributed by atoms with Gasteiger partial charge in [0.15, 0.2) is 11.5 Å². The van der Waals surface area contributed by atoms with Gasteiger partial charge in [0.25, 0.3) is 0 Å². The van der Waals surface area contributed by atoms with Crippen molar-refractivity contribution in [2.24, 2.45) is 5.92 Å². The van der Waals surface area contributed by atoms with Crippen LogP contribution in [-0.4, -0.2) is 61.7 Å². The van der Waals surface area contributed by atoms with Crippen LogP contribution in [-0.2, 0) is 11.3 Å². The molecule has 0 aromatic carbocycles. The van der Waals surface area contributed by atoms with E-state index in [1.807, 2.05) is 0 Å². The van der Waals surface area contributed by atoms with E-state index in [2.05, 4.69) is 26.8 Å². The van der Waals surface area contributed by atoms with Crippen LogP contribution in [0.1, 0.15) is 39.0 Å². The monoisotopic (exact) mass is 392 g/mol. The van der Waals surface area contributed by atoms with Crippen molar-refractivity contribution in [3.05, 3.63) is 10.5 Å². The highest BCUT2D eigenvalue weighted by Gasteiger charge is 2.23. The molecule has 0 atom stereocenters. The summed E-state index contributed by atoms with van der Waals surface area (Å²) in [5.74, 6) is -0.254. The summed E-state index contributed by atoms with van der Waals surface area (Å²) in [4.78, 5) is 36.6. The Morgan fingerprint density at radius 3 is 2.79 bits per heavy atom. The highest BCUT2D eigenvalue weighted by atomic mass is 16.5. The van der Waals surface area contributed by atoms with E-state index < -0.39 is 5.97 Å². The van der Waals surface area contributed by atoms with E-state index in [-0.39, 0.29) is 23.9 Å². The number of rotatable bonds is 9. The summed E-state index contributed by atoms with van der Waals surface area (Å²) in [6.07, 6.45) is 3.85. The molecule has 0 amide bonds. The number of nitrogens with one attached hydrogen (secondary N) is 1. The van der Waals surface area contributed by atoms with Crippen molar-refractivity contribution in [2.45, 2.75) is 45.6 Å². The van der Waals surface area contributed by atoms with Crippen molar-refractivity contribution in [1.82, 2.24) is 24.4 Å². The summed E-state index contributed by atoms with van der Waals surface area (Å²) in [6, 6.07) is 0.190. The molecule has 0 spiro atoms. The summed E-state index contributed by atoms with van der Waals surface area (Å²) >= 11 is 0. The van der Waals surface area contributed by atoms with Crippen molar-refractivity contribution < 1.29 is 14.6 Å². The van der Waals surface area contributed by atoms with E-state index in [0.717, 1.165) is 38.8 Å². The van der Waals surface area contributed by atoms with E-state index >= 15 is 0 Å². The largest absolute Gasteiger partial charge is 0.481 e. The fraction of sp³-hybridized carbons (Fsp3) is 0.667. The second-order valence-corrected chi connectivity index (χ2v) is 7.26. The van der Waals surface area contributed by atoms with Crippen molar-refractivity contribution >= 4 is 23.0 Å². The lowest BCUT2D eigenvalue weighted by Gasteiger charge is -2.31. The van der Waals surface area contributed by atoms with Gasteiger partial charge in [-0.2, -0.15) is 9.97 Å². The van der Waals surface area contributed by atoms with Crippen LogP contribution in [0.15, 0.2) is 4.79 Å². The Balaban J connectivity index is 1.70. The third kappa shape index (κ3) is 4.80. The van der Waals surface area contributed by atoms with E-state index in [1.54, 1.807) is 4.57 Å². The van der Waals surface area contributed by atoms with Gasteiger partial charge in [-0.25, -0.2) is 4.79 Å². The lowest BCUT2D eigenvalue weighted by Crippen LogP contribution is -2.37. The Kier molecular flexibility index (Phi) is 6.50. The molecule has 154 valence electrons. The molecule has 28 heavy (non-hydrogen) atoms. The lowest BCUT2D eigenvalue weighted by atomic mass is 9.96. The SMILES string of the molecule is CCCCOc1nc(N)c2[nH]c(=O)n(CC3CCN(CCC(=O)O)CC3)c2n1. The normalized spacial score (nSPS) is 15.9. The zero-order valence-corrected chi connectivity index (χ0v) is 16.2. The lowest BCUT2D eigenvalue weighted by molar-refractivity contribution is -0.137. The first-order valence-corrected chi connectivity index (χ1v) is 9.81. The first kappa shape index (κ1) is 20.1. The number of carboxylic acid groups (broad SMARTS) is 1.